The van der Waals surface area contributed by atoms with Crippen molar-refractivity contribution in [1.29, 1.82) is 0 Å². The Balaban J connectivity index is 1.80. The molecule has 1 amide bonds. The van der Waals surface area contributed by atoms with E-state index >= 15 is 0 Å². The number of benzene rings is 2. The lowest BCUT2D eigenvalue weighted by Gasteiger charge is -2.34. The van der Waals surface area contributed by atoms with Gasteiger partial charge in [0.05, 0.1) is 17.8 Å². The molecule has 1 fully saturated rings. The van der Waals surface area contributed by atoms with Crippen LogP contribution in [0.5, 0.6) is 5.75 Å². The van der Waals surface area contributed by atoms with E-state index in [-0.39, 0.29) is 17.2 Å². The number of amides is 1. The maximum atomic E-state index is 13.9. The van der Waals surface area contributed by atoms with Gasteiger partial charge in [-0.3, -0.25) is 9.59 Å². The Bertz CT molecular complexity index is 1480. The van der Waals surface area contributed by atoms with Gasteiger partial charge in [0.25, 0.3) is 11.5 Å². The van der Waals surface area contributed by atoms with Gasteiger partial charge in [-0.15, -0.1) is 0 Å². The predicted octanol–water partition coefficient (Wildman–Crippen LogP) is 4.66. The Labute approximate surface area is 202 Å². The summed E-state index contributed by atoms with van der Waals surface area (Å²) in [6.45, 7) is 5.67. The lowest BCUT2D eigenvalue weighted by atomic mass is 9.91. The van der Waals surface area contributed by atoms with Crippen LogP contribution in [0.25, 0.3) is 27.5 Å². The predicted molar refractivity (Wildman–Crippen MR) is 134 cm³/mol. The van der Waals surface area contributed by atoms with Crippen LogP contribution in [0.2, 0.25) is 5.02 Å². The molecule has 2 aromatic carbocycles. The summed E-state index contributed by atoms with van der Waals surface area (Å²) in [5.41, 5.74) is 1.74. The first kappa shape index (κ1) is 22.5. The van der Waals surface area contributed by atoms with Crippen LogP contribution in [-0.2, 0) is 7.05 Å². The van der Waals surface area contributed by atoms with Crippen LogP contribution in [0.1, 0.15) is 30.8 Å². The normalized spacial score (nSPS) is 18.6. The number of carbonyl (C=O) groups is 1. The standard InChI is InChI=1S/C26H27ClN4O3/c1-15-11-16(2)14-30(13-15)25(32)23-22-18-7-5-6-8-20(18)29(3)24(22)26(33)31(28-23)17-9-10-21(34-4)19(27)12-17/h5-10,12,15-16H,11,13-14H2,1-4H3/t15-,16-/m1/s1. The molecule has 8 heteroatoms. The van der Waals surface area contributed by atoms with E-state index in [4.69, 9.17) is 16.3 Å². The first-order valence-electron chi connectivity index (χ1n) is 11.4. The zero-order chi connectivity index (χ0) is 24.1. The average Bonchev–Trinajstić information content (AvgIpc) is 3.11. The molecule has 0 spiro atoms. The first-order valence-corrected chi connectivity index (χ1v) is 11.8. The second kappa shape index (κ2) is 8.47. The number of carbonyl (C=O) groups excluding carboxylic acids is 1. The number of methoxy groups -OCH3 is 1. The van der Waals surface area contributed by atoms with Crippen molar-refractivity contribution in [3.63, 3.8) is 0 Å². The smallest absolute Gasteiger partial charge is 0.296 e. The highest BCUT2D eigenvalue weighted by Gasteiger charge is 2.31. The van der Waals surface area contributed by atoms with Crippen molar-refractivity contribution < 1.29 is 9.53 Å². The van der Waals surface area contributed by atoms with Gasteiger partial charge in [-0.2, -0.15) is 9.78 Å². The Morgan fingerprint density at radius 1 is 1.12 bits per heavy atom. The lowest BCUT2D eigenvalue weighted by Crippen LogP contribution is -2.43. The summed E-state index contributed by atoms with van der Waals surface area (Å²) in [4.78, 5) is 29.5. The largest absolute Gasteiger partial charge is 0.495 e. The number of piperidine rings is 1. The summed E-state index contributed by atoms with van der Waals surface area (Å²) in [6.07, 6.45) is 1.09. The summed E-state index contributed by atoms with van der Waals surface area (Å²) in [5.74, 6) is 1.15. The van der Waals surface area contributed by atoms with Gasteiger partial charge in [0, 0.05) is 36.4 Å². The van der Waals surface area contributed by atoms with Gasteiger partial charge in [-0.1, -0.05) is 43.6 Å². The van der Waals surface area contributed by atoms with E-state index in [2.05, 4.69) is 18.9 Å². The van der Waals surface area contributed by atoms with Crippen LogP contribution < -0.4 is 10.3 Å². The second-order valence-corrected chi connectivity index (χ2v) is 9.75. The zero-order valence-electron chi connectivity index (χ0n) is 19.7. The van der Waals surface area contributed by atoms with Crippen molar-refractivity contribution in [1.82, 2.24) is 19.2 Å². The van der Waals surface area contributed by atoms with E-state index in [1.165, 1.54) is 11.8 Å². The number of fused-ring (bicyclic) bond motifs is 3. The monoisotopic (exact) mass is 478 g/mol. The Kier molecular flexibility index (Phi) is 5.60. The molecule has 4 aromatic rings. The number of aromatic nitrogens is 3. The molecule has 0 N–H and O–H groups in total. The number of rotatable bonds is 3. The summed E-state index contributed by atoms with van der Waals surface area (Å²) < 4.78 is 8.37. The van der Waals surface area contributed by atoms with Crippen molar-refractivity contribution in [2.24, 2.45) is 18.9 Å². The Morgan fingerprint density at radius 2 is 1.82 bits per heavy atom. The third kappa shape index (κ3) is 3.55. The molecule has 5 rings (SSSR count). The minimum Gasteiger partial charge on any atom is -0.495 e. The number of hydrogen-bond donors (Lipinski definition) is 0. The minimum atomic E-state index is -0.313. The minimum absolute atomic E-state index is 0.159. The summed E-state index contributed by atoms with van der Waals surface area (Å²) in [7, 11) is 3.38. The van der Waals surface area contributed by atoms with Crippen molar-refractivity contribution in [3.05, 3.63) is 63.5 Å². The van der Waals surface area contributed by atoms with Crippen LogP contribution in [0.4, 0.5) is 0 Å². The third-order valence-corrected chi connectivity index (χ3v) is 6.97. The number of likely N-dealkylation sites (tertiary alicyclic amines) is 1. The van der Waals surface area contributed by atoms with Crippen LogP contribution in [0.3, 0.4) is 0 Å². The second-order valence-electron chi connectivity index (χ2n) is 9.34. The van der Waals surface area contributed by atoms with Gasteiger partial charge in [0.15, 0.2) is 5.69 Å². The zero-order valence-corrected chi connectivity index (χ0v) is 20.5. The maximum absolute atomic E-state index is 13.9. The summed E-state index contributed by atoms with van der Waals surface area (Å²) >= 11 is 6.35. The maximum Gasteiger partial charge on any atom is 0.296 e. The molecule has 176 valence electrons. The van der Waals surface area contributed by atoms with E-state index in [1.807, 2.05) is 40.8 Å². The van der Waals surface area contributed by atoms with Gasteiger partial charge in [0.1, 0.15) is 11.3 Å². The van der Waals surface area contributed by atoms with Crippen molar-refractivity contribution in [2.75, 3.05) is 20.2 Å². The van der Waals surface area contributed by atoms with Crippen molar-refractivity contribution in [3.8, 4) is 11.4 Å². The third-order valence-electron chi connectivity index (χ3n) is 6.68. The highest BCUT2D eigenvalue weighted by Crippen LogP contribution is 2.31. The SMILES string of the molecule is COc1ccc(-n2nc(C(=O)N3C[C@H](C)C[C@@H](C)C3)c3c4ccccc4n(C)c3c2=O)cc1Cl. The molecule has 0 saturated carbocycles. The molecule has 0 radical (unpaired) electrons. The number of halogens is 1. The number of para-hydroxylation sites is 1. The van der Waals surface area contributed by atoms with Crippen LogP contribution in [-0.4, -0.2) is 45.4 Å². The molecule has 3 heterocycles. The van der Waals surface area contributed by atoms with E-state index in [9.17, 15) is 9.59 Å². The molecule has 34 heavy (non-hydrogen) atoms. The highest BCUT2D eigenvalue weighted by molar-refractivity contribution is 6.32. The quantitative estimate of drug-likeness (QED) is 0.429. The molecule has 0 unspecified atom stereocenters. The van der Waals surface area contributed by atoms with E-state index < -0.39 is 0 Å². The van der Waals surface area contributed by atoms with Gasteiger partial charge in [0.2, 0.25) is 0 Å². The fourth-order valence-electron chi connectivity index (χ4n) is 5.27. The Morgan fingerprint density at radius 3 is 2.50 bits per heavy atom. The fraction of sp³-hybridized carbons (Fsp3) is 0.346. The van der Waals surface area contributed by atoms with Crippen molar-refractivity contribution in [2.45, 2.75) is 20.3 Å². The molecule has 1 aliphatic rings. The first-order chi connectivity index (χ1) is 16.3. The molecular formula is C26H27ClN4O3. The van der Waals surface area contributed by atoms with Crippen LogP contribution in [0.15, 0.2) is 47.3 Å². The molecule has 1 saturated heterocycles. The molecule has 1 aliphatic heterocycles. The van der Waals surface area contributed by atoms with Gasteiger partial charge in [-0.05, 0) is 42.5 Å². The van der Waals surface area contributed by atoms with Crippen LogP contribution >= 0.6 is 11.6 Å². The summed E-state index contributed by atoms with van der Waals surface area (Å²) in [6, 6.07) is 12.7. The fourth-order valence-corrected chi connectivity index (χ4v) is 5.52. The van der Waals surface area contributed by atoms with E-state index in [1.54, 1.807) is 18.2 Å². The number of nitrogens with zero attached hydrogens (tertiary/aromatic N) is 4. The topological polar surface area (TPSA) is 69.4 Å². The summed E-state index contributed by atoms with van der Waals surface area (Å²) in [5, 5.41) is 6.45. The molecule has 0 bridgehead atoms. The number of hydrogen-bond acceptors (Lipinski definition) is 4. The number of aryl methyl sites for hydroxylation is 1. The molecule has 0 aliphatic carbocycles. The Hall–Kier alpha value is -3.32. The van der Waals surface area contributed by atoms with Crippen molar-refractivity contribution >= 4 is 39.3 Å². The van der Waals surface area contributed by atoms with Gasteiger partial charge >= 0.3 is 0 Å². The molecular weight excluding hydrogens is 452 g/mol. The van der Waals surface area contributed by atoms with Gasteiger partial charge < -0.3 is 14.2 Å². The van der Waals surface area contributed by atoms with Crippen LogP contribution in [0, 0.1) is 11.8 Å². The molecule has 7 nitrogen and oxygen atoms in total. The highest BCUT2D eigenvalue weighted by atomic mass is 35.5. The molecule has 2 aromatic heterocycles. The lowest BCUT2D eigenvalue weighted by molar-refractivity contribution is 0.0617. The van der Waals surface area contributed by atoms with E-state index in [0.717, 1.165) is 17.3 Å². The average molecular weight is 479 g/mol. The number of ether oxygens (including phenoxy) is 1. The van der Waals surface area contributed by atoms with E-state index in [0.29, 0.717) is 52.3 Å². The molecule has 2 atom stereocenters. The van der Waals surface area contributed by atoms with Gasteiger partial charge in [-0.25, -0.2) is 0 Å².